The second kappa shape index (κ2) is 5.16. The number of aromatic nitrogens is 4. The van der Waals surface area contributed by atoms with Crippen LogP contribution in [0.1, 0.15) is 18.3 Å². The molecule has 1 aromatic heterocycles. The van der Waals surface area contributed by atoms with Crippen LogP contribution < -0.4 is 0 Å². The first kappa shape index (κ1) is 13.2. The molecule has 1 N–H and O–H groups in total. The van der Waals surface area contributed by atoms with E-state index in [0.717, 1.165) is 10.0 Å². The van der Waals surface area contributed by atoms with E-state index in [1.54, 1.807) is 14.0 Å². The van der Waals surface area contributed by atoms with E-state index in [1.165, 1.54) is 4.80 Å². The Labute approximate surface area is 114 Å². The molecule has 1 aromatic carbocycles. The number of rotatable bonds is 4. The first-order valence-corrected chi connectivity index (χ1v) is 6.44. The zero-order chi connectivity index (χ0) is 13.2. The molecule has 1 heterocycles. The number of hydrogen-bond acceptors (Lipinski definition) is 4. The van der Waals surface area contributed by atoms with Gasteiger partial charge in [-0.2, -0.15) is 4.80 Å². The van der Waals surface area contributed by atoms with Crippen LogP contribution in [0.5, 0.6) is 0 Å². The molecular formula is C12H15BrN4O. The van der Waals surface area contributed by atoms with Gasteiger partial charge in [0.15, 0.2) is 5.82 Å². The summed E-state index contributed by atoms with van der Waals surface area (Å²) in [5.41, 5.74) is 0.198. The third kappa shape index (κ3) is 3.61. The quantitative estimate of drug-likeness (QED) is 0.929. The summed E-state index contributed by atoms with van der Waals surface area (Å²) < 4.78 is 1.03. The highest BCUT2D eigenvalue weighted by atomic mass is 79.9. The van der Waals surface area contributed by atoms with Gasteiger partial charge in [0.25, 0.3) is 0 Å². The Hall–Kier alpha value is -1.27. The van der Waals surface area contributed by atoms with Gasteiger partial charge in [0, 0.05) is 17.3 Å². The molecule has 2 rings (SSSR count). The highest BCUT2D eigenvalue weighted by Gasteiger charge is 2.24. The fourth-order valence-electron chi connectivity index (χ4n) is 1.84. The van der Waals surface area contributed by atoms with E-state index in [0.29, 0.717) is 18.7 Å². The van der Waals surface area contributed by atoms with Crippen LogP contribution in [0.25, 0.3) is 0 Å². The molecule has 96 valence electrons. The van der Waals surface area contributed by atoms with Crippen molar-refractivity contribution in [3.8, 4) is 0 Å². The summed E-state index contributed by atoms with van der Waals surface area (Å²) in [5, 5.41) is 22.1. The molecule has 1 unspecified atom stereocenters. The summed E-state index contributed by atoms with van der Waals surface area (Å²) in [6.45, 7) is 1.78. The highest BCUT2D eigenvalue weighted by Crippen LogP contribution is 2.18. The van der Waals surface area contributed by atoms with Crippen LogP contribution >= 0.6 is 15.9 Å². The van der Waals surface area contributed by atoms with Crippen molar-refractivity contribution >= 4 is 15.9 Å². The number of halogens is 1. The largest absolute Gasteiger partial charge is 0.389 e. The normalized spacial score (nSPS) is 14.4. The molecular weight excluding hydrogens is 296 g/mol. The summed E-state index contributed by atoms with van der Waals surface area (Å²) in [5.74, 6) is 0.555. The van der Waals surface area contributed by atoms with E-state index in [2.05, 4.69) is 31.3 Å². The van der Waals surface area contributed by atoms with E-state index >= 15 is 0 Å². The summed E-state index contributed by atoms with van der Waals surface area (Å²) >= 11 is 3.39. The van der Waals surface area contributed by atoms with Crippen LogP contribution in [0.15, 0.2) is 28.7 Å². The number of tetrazole rings is 1. The third-order valence-electron chi connectivity index (χ3n) is 2.59. The highest BCUT2D eigenvalue weighted by molar-refractivity contribution is 9.10. The Morgan fingerprint density at radius 2 is 1.94 bits per heavy atom. The predicted octanol–water partition coefficient (Wildman–Crippen LogP) is 1.51. The van der Waals surface area contributed by atoms with Gasteiger partial charge in [-0.05, 0) is 29.8 Å². The average Bonchev–Trinajstić information content (AvgIpc) is 2.66. The minimum absolute atomic E-state index is 0.386. The maximum Gasteiger partial charge on any atom is 0.177 e. The van der Waals surface area contributed by atoms with E-state index in [1.807, 2.05) is 24.3 Å². The van der Waals surface area contributed by atoms with Crippen molar-refractivity contribution in [2.75, 3.05) is 0 Å². The number of hydrogen-bond donors (Lipinski definition) is 1. The zero-order valence-electron chi connectivity index (χ0n) is 10.3. The molecule has 0 saturated carbocycles. The van der Waals surface area contributed by atoms with Crippen molar-refractivity contribution in [1.82, 2.24) is 20.2 Å². The second-order valence-corrected chi connectivity index (χ2v) is 5.59. The van der Waals surface area contributed by atoms with E-state index in [-0.39, 0.29) is 0 Å². The average molecular weight is 311 g/mol. The fraction of sp³-hybridized carbons (Fsp3) is 0.417. The standard InChI is InChI=1S/C12H15BrN4O/c1-12(18,8-11-14-16-17(2)15-11)7-9-3-5-10(13)6-4-9/h3-6,18H,7-8H2,1-2H3. The summed E-state index contributed by atoms with van der Waals surface area (Å²) in [6.07, 6.45) is 0.940. The lowest BCUT2D eigenvalue weighted by Crippen LogP contribution is -2.30. The van der Waals surface area contributed by atoms with Gasteiger partial charge >= 0.3 is 0 Å². The van der Waals surface area contributed by atoms with Crippen molar-refractivity contribution in [2.45, 2.75) is 25.4 Å². The lowest BCUT2D eigenvalue weighted by molar-refractivity contribution is 0.0587. The van der Waals surface area contributed by atoms with Crippen molar-refractivity contribution in [2.24, 2.45) is 7.05 Å². The minimum Gasteiger partial charge on any atom is -0.389 e. The summed E-state index contributed by atoms with van der Waals surface area (Å²) in [6, 6.07) is 7.91. The van der Waals surface area contributed by atoms with Gasteiger partial charge < -0.3 is 5.11 Å². The monoisotopic (exact) mass is 310 g/mol. The summed E-state index contributed by atoms with van der Waals surface area (Å²) in [4.78, 5) is 1.39. The molecule has 0 radical (unpaired) electrons. The molecule has 18 heavy (non-hydrogen) atoms. The maximum absolute atomic E-state index is 10.4. The van der Waals surface area contributed by atoms with Gasteiger partial charge in [0.2, 0.25) is 0 Å². The van der Waals surface area contributed by atoms with Gasteiger partial charge in [0.05, 0.1) is 12.6 Å². The topological polar surface area (TPSA) is 63.8 Å². The SMILES string of the molecule is Cn1nnc(CC(C)(O)Cc2ccc(Br)cc2)n1. The second-order valence-electron chi connectivity index (χ2n) is 4.67. The van der Waals surface area contributed by atoms with Crippen LogP contribution in [0.4, 0.5) is 0 Å². The third-order valence-corrected chi connectivity index (χ3v) is 3.12. The van der Waals surface area contributed by atoms with Gasteiger partial charge in [-0.25, -0.2) is 0 Å². The zero-order valence-corrected chi connectivity index (χ0v) is 11.9. The Bertz CT molecular complexity index is 521. The molecule has 0 aliphatic carbocycles. The Morgan fingerprint density at radius 3 is 2.50 bits per heavy atom. The molecule has 0 spiro atoms. The number of benzene rings is 1. The minimum atomic E-state index is -0.878. The smallest absolute Gasteiger partial charge is 0.177 e. The first-order valence-electron chi connectivity index (χ1n) is 5.64. The molecule has 0 aliphatic rings. The number of nitrogens with zero attached hydrogens (tertiary/aromatic N) is 4. The van der Waals surface area contributed by atoms with E-state index in [4.69, 9.17) is 0 Å². The van der Waals surface area contributed by atoms with Crippen LogP contribution in [-0.2, 0) is 19.9 Å². The predicted molar refractivity (Wildman–Crippen MR) is 71.0 cm³/mol. The molecule has 0 saturated heterocycles. The van der Waals surface area contributed by atoms with E-state index in [9.17, 15) is 5.11 Å². The fourth-order valence-corrected chi connectivity index (χ4v) is 2.10. The Kier molecular flexibility index (Phi) is 3.77. The van der Waals surface area contributed by atoms with Crippen LogP contribution in [0.3, 0.4) is 0 Å². The lowest BCUT2D eigenvalue weighted by Gasteiger charge is -2.21. The molecule has 0 bridgehead atoms. The van der Waals surface area contributed by atoms with Crippen LogP contribution in [0, 0.1) is 0 Å². The molecule has 1 atom stereocenters. The van der Waals surface area contributed by atoms with Crippen molar-refractivity contribution in [3.63, 3.8) is 0 Å². The lowest BCUT2D eigenvalue weighted by atomic mass is 9.93. The van der Waals surface area contributed by atoms with Crippen molar-refractivity contribution in [1.29, 1.82) is 0 Å². The number of aryl methyl sites for hydroxylation is 1. The van der Waals surface area contributed by atoms with Gasteiger partial charge in [0.1, 0.15) is 0 Å². The molecule has 5 nitrogen and oxygen atoms in total. The Balaban J connectivity index is 2.04. The molecule has 0 fully saturated rings. The number of aliphatic hydroxyl groups is 1. The molecule has 0 aliphatic heterocycles. The van der Waals surface area contributed by atoms with Crippen molar-refractivity contribution < 1.29 is 5.11 Å². The van der Waals surface area contributed by atoms with Gasteiger partial charge in [-0.15, -0.1) is 10.2 Å². The molecule has 2 aromatic rings. The first-order chi connectivity index (χ1) is 8.44. The maximum atomic E-state index is 10.4. The Morgan fingerprint density at radius 1 is 1.28 bits per heavy atom. The summed E-state index contributed by atoms with van der Waals surface area (Å²) in [7, 11) is 1.71. The molecule has 0 amide bonds. The van der Waals surface area contributed by atoms with Gasteiger partial charge in [-0.1, -0.05) is 28.1 Å². The van der Waals surface area contributed by atoms with E-state index < -0.39 is 5.60 Å². The molecule has 6 heteroatoms. The van der Waals surface area contributed by atoms with Crippen LogP contribution in [0.2, 0.25) is 0 Å². The van der Waals surface area contributed by atoms with Crippen molar-refractivity contribution in [3.05, 3.63) is 40.1 Å². The van der Waals surface area contributed by atoms with Gasteiger partial charge in [-0.3, -0.25) is 0 Å². The van der Waals surface area contributed by atoms with Crippen LogP contribution in [-0.4, -0.2) is 30.9 Å².